The number of nitrogens with two attached hydrogens (primary N) is 1. The van der Waals surface area contributed by atoms with Crippen molar-refractivity contribution in [2.24, 2.45) is 10.7 Å². The zero-order valence-corrected chi connectivity index (χ0v) is 9.78. The number of halogens is 1. The highest BCUT2D eigenvalue weighted by Gasteiger charge is 2.19. The molecule has 0 fully saturated rings. The fraction of sp³-hybridized carbons (Fsp3) is 0.417. The molecule has 3 nitrogen and oxygen atoms in total. The first-order valence-electron chi connectivity index (χ1n) is 5.44. The largest absolute Gasteiger partial charge is 0.478 e. The number of aliphatic imine (C=N–C) groups is 1. The van der Waals surface area contributed by atoms with Crippen molar-refractivity contribution in [3.8, 4) is 0 Å². The number of nitrogens with zero attached hydrogens (tertiary/aromatic N) is 1. The summed E-state index contributed by atoms with van der Waals surface area (Å²) in [5.74, 6) is 0.824. The minimum atomic E-state index is 0.116. The SMILES string of the molecule is NCCCC1=NC(c2ccc(Cl)cc2)CO1. The van der Waals surface area contributed by atoms with Crippen molar-refractivity contribution in [3.63, 3.8) is 0 Å². The summed E-state index contributed by atoms with van der Waals surface area (Å²) in [6.45, 7) is 1.30. The lowest BCUT2D eigenvalue weighted by atomic mass is 10.1. The molecule has 0 bridgehead atoms. The average molecular weight is 239 g/mol. The maximum atomic E-state index is 5.83. The fourth-order valence-corrected chi connectivity index (χ4v) is 1.80. The highest BCUT2D eigenvalue weighted by molar-refractivity contribution is 6.30. The number of benzene rings is 1. The lowest BCUT2D eigenvalue weighted by Gasteiger charge is -2.04. The Morgan fingerprint density at radius 2 is 2.12 bits per heavy atom. The second-order valence-corrected chi connectivity index (χ2v) is 4.23. The first kappa shape index (κ1) is 11.4. The average Bonchev–Trinajstić information content (AvgIpc) is 2.76. The van der Waals surface area contributed by atoms with Crippen LogP contribution in [-0.4, -0.2) is 19.0 Å². The molecule has 0 radical (unpaired) electrons. The van der Waals surface area contributed by atoms with Crippen LogP contribution in [0.2, 0.25) is 5.02 Å². The topological polar surface area (TPSA) is 47.6 Å². The molecule has 86 valence electrons. The summed E-state index contributed by atoms with van der Waals surface area (Å²) >= 11 is 5.83. The van der Waals surface area contributed by atoms with Crippen LogP contribution in [-0.2, 0) is 4.74 Å². The van der Waals surface area contributed by atoms with Crippen molar-refractivity contribution in [3.05, 3.63) is 34.9 Å². The first-order valence-corrected chi connectivity index (χ1v) is 5.82. The van der Waals surface area contributed by atoms with E-state index in [4.69, 9.17) is 22.1 Å². The third-order valence-electron chi connectivity index (χ3n) is 2.56. The highest BCUT2D eigenvalue weighted by atomic mass is 35.5. The van der Waals surface area contributed by atoms with Crippen LogP contribution in [0.3, 0.4) is 0 Å². The van der Waals surface area contributed by atoms with Crippen molar-refractivity contribution >= 4 is 17.5 Å². The van der Waals surface area contributed by atoms with Crippen LogP contribution < -0.4 is 5.73 Å². The van der Waals surface area contributed by atoms with Gasteiger partial charge in [-0.3, -0.25) is 0 Å². The fourth-order valence-electron chi connectivity index (χ4n) is 1.67. The van der Waals surface area contributed by atoms with Gasteiger partial charge >= 0.3 is 0 Å². The second-order valence-electron chi connectivity index (χ2n) is 3.79. The Balaban J connectivity index is 2.01. The van der Waals surface area contributed by atoms with Crippen molar-refractivity contribution in [2.45, 2.75) is 18.9 Å². The van der Waals surface area contributed by atoms with Gasteiger partial charge in [-0.05, 0) is 30.7 Å². The van der Waals surface area contributed by atoms with Crippen molar-refractivity contribution < 1.29 is 4.74 Å². The molecule has 1 aliphatic heterocycles. The van der Waals surface area contributed by atoms with Gasteiger partial charge in [0, 0.05) is 11.4 Å². The van der Waals surface area contributed by atoms with Crippen LogP contribution in [0.4, 0.5) is 0 Å². The van der Waals surface area contributed by atoms with Crippen molar-refractivity contribution in [1.29, 1.82) is 0 Å². The molecule has 16 heavy (non-hydrogen) atoms. The minimum absolute atomic E-state index is 0.116. The van der Waals surface area contributed by atoms with Gasteiger partial charge in [0.05, 0.1) is 0 Å². The van der Waals surface area contributed by atoms with E-state index in [9.17, 15) is 0 Å². The normalized spacial score (nSPS) is 19.4. The van der Waals surface area contributed by atoms with E-state index in [1.165, 1.54) is 0 Å². The van der Waals surface area contributed by atoms with Gasteiger partial charge in [0.15, 0.2) is 5.90 Å². The Morgan fingerprint density at radius 3 is 2.81 bits per heavy atom. The molecule has 2 N–H and O–H groups in total. The molecule has 1 aromatic carbocycles. The van der Waals surface area contributed by atoms with Gasteiger partial charge in [0.25, 0.3) is 0 Å². The van der Waals surface area contributed by atoms with Crippen LogP contribution in [0.15, 0.2) is 29.3 Å². The summed E-state index contributed by atoms with van der Waals surface area (Å²) in [4.78, 5) is 4.52. The molecular weight excluding hydrogens is 224 g/mol. The maximum Gasteiger partial charge on any atom is 0.184 e. The Kier molecular flexibility index (Phi) is 3.80. The summed E-state index contributed by atoms with van der Waals surface area (Å²) in [6, 6.07) is 7.86. The van der Waals surface area contributed by atoms with Crippen LogP contribution in [0, 0.1) is 0 Å². The van der Waals surface area contributed by atoms with Gasteiger partial charge in [0.2, 0.25) is 0 Å². The predicted molar refractivity (Wildman–Crippen MR) is 65.9 cm³/mol. The highest BCUT2D eigenvalue weighted by Crippen LogP contribution is 2.25. The van der Waals surface area contributed by atoms with E-state index in [1.54, 1.807) is 0 Å². The van der Waals surface area contributed by atoms with E-state index in [2.05, 4.69) is 4.99 Å². The van der Waals surface area contributed by atoms with Crippen molar-refractivity contribution in [1.82, 2.24) is 0 Å². The number of hydrogen-bond acceptors (Lipinski definition) is 3. The van der Waals surface area contributed by atoms with Gasteiger partial charge in [-0.25, -0.2) is 4.99 Å². The van der Waals surface area contributed by atoms with E-state index in [0.717, 1.165) is 29.3 Å². The Morgan fingerprint density at radius 1 is 1.38 bits per heavy atom. The van der Waals surface area contributed by atoms with E-state index < -0.39 is 0 Å². The molecule has 0 saturated carbocycles. The smallest absolute Gasteiger partial charge is 0.184 e. The molecule has 1 unspecified atom stereocenters. The lowest BCUT2D eigenvalue weighted by molar-refractivity contribution is 0.311. The van der Waals surface area contributed by atoms with Crippen LogP contribution >= 0.6 is 11.6 Å². The molecule has 1 atom stereocenters. The zero-order chi connectivity index (χ0) is 11.4. The third-order valence-corrected chi connectivity index (χ3v) is 2.81. The van der Waals surface area contributed by atoms with Crippen LogP contribution in [0.5, 0.6) is 0 Å². The van der Waals surface area contributed by atoms with Crippen molar-refractivity contribution in [2.75, 3.05) is 13.2 Å². The molecule has 0 spiro atoms. The molecule has 4 heteroatoms. The molecule has 2 rings (SSSR count). The molecule has 1 heterocycles. The standard InChI is InChI=1S/C12H15ClN2O/c13-10-5-3-9(4-6-10)11-8-16-12(15-11)2-1-7-14/h3-6,11H,1-2,7-8,14H2. The predicted octanol–water partition coefficient (Wildman–Crippen LogP) is 2.55. The summed E-state index contributed by atoms with van der Waals surface area (Å²) in [7, 11) is 0. The molecule has 1 aliphatic rings. The minimum Gasteiger partial charge on any atom is -0.478 e. The summed E-state index contributed by atoms with van der Waals surface area (Å²) in [5, 5.41) is 0.745. The quantitative estimate of drug-likeness (QED) is 0.876. The maximum absolute atomic E-state index is 5.83. The lowest BCUT2D eigenvalue weighted by Crippen LogP contribution is -2.04. The van der Waals surface area contributed by atoms with Gasteiger partial charge in [-0.2, -0.15) is 0 Å². The Bertz CT molecular complexity index is 375. The second kappa shape index (κ2) is 5.32. The van der Waals surface area contributed by atoms with Crippen LogP contribution in [0.1, 0.15) is 24.4 Å². The zero-order valence-electron chi connectivity index (χ0n) is 9.03. The molecule has 0 aliphatic carbocycles. The van der Waals surface area contributed by atoms with E-state index >= 15 is 0 Å². The van der Waals surface area contributed by atoms with E-state index in [-0.39, 0.29) is 6.04 Å². The number of rotatable bonds is 4. The third kappa shape index (κ3) is 2.74. The van der Waals surface area contributed by atoms with E-state index in [1.807, 2.05) is 24.3 Å². The Hall–Kier alpha value is -1.06. The summed E-state index contributed by atoms with van der Waals surface area (Å²) in [6.07, 6.45) is 1.76. The van der Waals surface area contributed by atoms with Gasteiger partial charge in [0.1, 0.15) is 12.6 Å². The Labute approximate surface area is 100 Å². The van der Waals surface area contributed by atoms with Gasteiger partial charge in [-0.15, -0.1) is 0 Å². The molecular formula is C12H15ClN2O. The van der Waals surface area contributed by atoms with Crippen LogP contribution in [0.25, 0.3) is 0 Å². The molecule has 0 amide bonds. The molecule has 0 aromatic heterocycles. The summed E-state index contributed by atoms with van der Waals surface area (Å²) < 4.78 is 5.51. The van der Waals surface area contributed by atoms with Gasteiger partial charge in [-0.1, -0.05) is 23.7 Å². The molecule has 1 aromatic rings. The molecule has 0 saturated heterocycles. The van der Waals surface area contributed by atoms with E-state index in [0.29, 0.717) is 13.2 Å². The first-order chi connectivity index (χ1) is 7.79. The number of hydrogen-bond donors (Lipinski definition) is 1. The summed E-state index contributed by atoms with van der Waals surface area (Å²) in [5.41, 5.74) is 6.59. The monoisotopic (exact) mass is 238 g/mol. The number of ether oxygens (including phenoxy) is 1. The van der Waals surface area contributed by atoms with Gasteiger partial charge < -0.3 is 10.5 Å².